The van der Waals surface area contributed by atoms with Crippen molar-refractivity contribution in [1.82, 2.24) is 9.97 Å². The molecule has 5 nitrogen and oxygen atoms in total. The first-order valence-electron chi connectivity index (χ1n) is 4.95. The van der Waals surface area contributed by atoms with Gasteiger partial charge in [0.05, 0.1) is 12.3 Å². The molecule has 0 spiro atoms. The highest BCUT2D eigenvalue weighted by Crippen LogP contribution is 2.12. The Morgan fingerprint density at radius 3 is 2.67 bits per heavy atom. The zero-order valence-electron chi connectivity index (χ0n) is 9.74. The SMILES string of the molecule is CCNc1cc(COC)nc(N(C)C)n1. The minimum atomic E-state index is 0.502. The number of nitrogens with one attached hydrogen (secondary N) is 1. The second-order valence-electron chi connectivity index (χ2n) is 3.40. The number of nitrogens with zero attached hydrogens (tertiary/aromatic N) is 3. The molecule has 0 unspecified atom stereocenters. The Morgan fingerprint density at radius 2 is 2.13 bits per heavy atom. The molecule has 1 aromatic heterocycles. The van der Waals surface area contributed by atoms with E-state index in [1.165, 1.54) is 0 Å². The smallest absolute Gasteiger partial charge is 0.227 e. The zero-order valence-corrected chi connectivity index (χ0v) is 9.74. The van der Waals surface area contributed by atoms with Gasteiger partial charge >= 0.3 is 0 Å². The number of hydrogen-bond donors (Lipinski definition) is 1. The minimum Gasteiger partial charge on any atom is -0.378 e. The van der Waals surface area contributed by atoms with Crippen LogP contribution in [0.3, 0.4) is 0 Å². The summed E-state index contributed by atoms with van der Waals surface area (Å²) in [6, 6.07) is 1.90. The van der Waals surface area contributed by atoms with E-state index in [-0.39, 0.29) is 0 Å². The van der Waals surface area contributed by atoms with Crippen LogP contribution in [0.2, 0.25) is 0 Å². The summed E-state index contributed by atoms with van der Waals surface area (Å²) in [5.41, 5.74) is 0.882. The quantitative estimate of drug-likeness (QED) is 0.789. The van der Waals surface area contributed by atoms with Crippen LogP contribution in [0.25, 0.3) is 0 Å². The van der Waals surface area contributed by atoms with Gasteiger partial charge in [0.1, 0.15) is 5.82 Å². The molecular formula is C10H18N4O. The number of anilines is 2. The van der Waals surface area contributed by atoms with Crippen LogP contribution in [0.5, 0.6) is 0 Å². The van der Waals surface area contributed by atoms with Gasteiger partial charge in [0, 0.05) is 33.8 Å². The summed E-state index contributed by atoms with van der Waals surface area (Å²) in [5.74, 6) is 1.53. The number of hydrogen-bond acceptors (Lipinski definition) is 5. The molecule has 15 heavy (non-hydrogen) atoms. The van der Waals surface area contributed by atoms with E-state index in [0.717, 1.165) is 18.1 Å². The van der Waals surface area contributed by atoms with Gasteiger partial charge in [-0.2, -0.15) is 4.98 Å². The van der Waals surface area contributed by atoms with Gasteiger partial charge < -0.3 is 15.0 Å². The third-order valence-corrected chi connectivity index (χ3v) is 1.82. The summed E-state index contributed by atoms with van der Waals surface area (Å²) in [7, 11) is 5.49. The number of rotatable bonds is 5. The van der Waals surface area contributed by atoms with Gasteiger partial charge in [0.25, 0.3) is 0 Å². The lowest BCUT2D eigenvalue weighted by Crippen LogP contribution is -2.15. The summed E-state index contributed by atoms with van der Waals surface area (Å²) < 4.78 is 5.06. The van der Waals surface area contributed by atoms with Gasteiger partial charge in [0.2, 0.25) is 5.95 Å². The van der Waals surface area contributed by atoms with E-state index < -0.39 is 0 Å². The van der Waals surface area contributed by atoms with Crippen molar-refractivity contribution in [2.45, 2.75) is 13.5 Å². The first-order valence-corrected chi connectivity index (χ1v) is 4.95. The summed E-state index contributed by atoms with van der Waals surface area (Å²) in [6.07, 6.45) is 0. The Balaban J connectivity index is 2.97. The molecule has 84 valence electrons. The standard InChI is InChI=1S/C10H18N4O/c1-5-11-9-6-8(7-15-4)12-10(13-9)14(2)3/h6H,5,7H2,1-4H3,(H,11,12,13). The van der Waals surface area contributed by atoms with Crippen molar-refractivity contribution in [2.75, 3.05) is 38.0 Å². The van der Waals surface area contributed by atoms with E-state index in [9.17, 15) is 0 Å². The molecule has 0 aromatic carbocycles. The van der Waals surface area contributed by atoms with Gasteiger partial charge in [-0.15, -0.1) is 0 Å². The molecule has 0 atom stereocenters. The number of ether oxygens (including phenoxy) is 1. The van der Waals surface area contributed by atoms with Crippen molar-refractivity contribution >= 4 is 11.8 Å². The van der Waals surface area contributed by atoms with Crippen LogP contribution in [0.1, 0.15) is 12.6 Å². The fourth-order valence-corrected chi connectivity index (χ4v) is 1.18. The molecule has 1 rings (SSSR count). The van der Waals surface area contributed by atoms with Crippen molar-refractivity contribution in [1.29, 1.82) is 0 Å². The highest BCUT2D eigenvalue weighted by molar-refractivity contribution is 5.42. The monoisotopic (exact) mass is 210 g/mol. The lowest BCUT2D eigenvalue weighted by molar-refractivity contribution is 0.181. The molecule has 0 fully saturated rings. The van der Waals surface area contributed by atoms with E-state index in [0.29, 0.717) is 12.6 Å². The molecule has 0 saturated carbocycles. The van der Waals surface area contributed by atoms with E-state index >= 15 is 0 Å². The maximum absolute atomic E-state index is 5.06. The highest BCUT2D eigenvalue weighted by atomic mass is 16.5. The van der Waals surface area contributed by atoms with Gasteiger partial charge in [0.15, 0.2) is 0 Å². The predicted molar refractivity (Wildman–Crippen MR) is 61.2 cm³/mol. The van der Waals surface area contributed by atoms with Crippen molar-refractivity contribution in [3.8, 4) is 0 Å². The Bertz CT molecular complexity index is 290. The second-order valence-corrected chi connectivity index (χ2v) is 3.40. The molecule has 1 N–H and O–H groups in total. The van der Waals surface area contributed by atoms with Crippen LogP contribution in [0, 0.1) is 0 Å². The second kappa shape index (κ2) is 5.50. The molecular weight excluding hydrogens is 192 g/mol. The molecule has 5 heteroatoms. The fraction of sp³-hybridized carbons (Fsp3) is 0.600. The molecule has 0 saturated heterocycles. The normalized spacial score (nSPS) is 10.1. The van der Waals surface area contributed by atoms with Crippen molar-refractivity contribution in [3.63, 3.8) is 0 Å². The third-order valence-electron chi connectivity index (χ3n) is 1.82. The van der Waals surface area contributed by atoms with Crippen LogP contribution in [0.15, 0.2) is 6.07 Å². The van der Waals surface area contributed by atoms with Crippen LogP contribution < -0.4 is 10.2 Å². The maximum atomic E-state index is 5.06. The average molecular weight is 210 g/mol. The summed E-state index contributed by atoms with van der Waals surface area (Å²) in [5, 5.41) is 3.17. The summed E-state index contributed by atoms with van der Waals surface area (Å²) in [4.78, 5) is 10.6. The van der Waals surface area contributed by atoms with E-state index in [1.807, 2.05) is 32.0 Å². The van der Waals surface area contributed by atoms with E-state index in [1.54, 1.807) is 7.11 Å². The first kappa shape index (κ1) is 11.7. The largest absolute Gasteiger partial charge is 0.378 e. The average Bonchev–Trinajstić information content (AvgIpc) is 2.18. The number of aromatic nitrogens is 2. The lowest BCUT2D eigenvalue weighted by Gasteiger charge is -2.13. The van der Waals surface area contributed by atoms with E-state index in [2.05, 4.69) is 15.3 Å². The molecule has 0 radical (unpaired) electrons. The van der Waals surface area contributed by atoms with Crippen LogP contribution in [0.4, 0.5) is 11.8 Å². The van der Waals surface area contributed by atoms with Crippen LogP contribution >= 0.6 is 0 Å². The minimum absolute atomic E-state index is 0.502. The van der Waals surface area contributed by atoms with E-state index in [4.69, 9.17) is 4.74 Å². The molecule has 1 heterocycles. The van der Waals surface area contributed by atoms with Gasteiger partial charge in [-0.3, -0.25) is 0 Å². The maximum Gasteiger partial charge on any atom is 0.227 e. The lowest BCUT2D eigenvalue weighted by atomic mass is 10.4. The molecule has 0 aliphatic carbocycles. The first-order chi connectivity index (χ1) is 7.17. The van der Waals surface area contributed by atoms with Gasteiger partial charge in [-0.25, -0.2) is 4.98 Å². The van der Waals surface area contributed by atoms with Crippen molar-refractivity contribution in [3.05, 3.63) is 11.8 Å². The van der Waals surface area contributed by atoms with Gasteiger partial charge in [-0.1, -0.05) is 0 Å². The summed E-state index contributed by atoms with van der Waals surface area (Å²) in [6.45, 7) is 3.38. The van der Waals surface area contributed by atoms with Crippen molar-refractivity contribution in [2.24, 2.45) is 0 Å². The number of methoxy groups -OCH3 is 1. The molecule has 0 aliphatic heterocycles. The molecule has 1 aromatic rings. The molecule has 0 bridgehead atoms. The zero-order chi connectivity index (χ0) is 11.3. The van der Waals surface area contributed by atoms with Crippen LogP contribution in [-0.4, -0.2) is 37.7 Å². The molecule has 0 amide bonds. The van der Waals surface area contributed by atoms with Gasteiger partial charge in [-0.05, 0) is 6.92 Å². The third kappa shape index (κ3) is 3.36. The summed E-state index contributed by atoms with van der Waals surface area (Å²) >= 11 is 0. The van der Waals surface area contributed by atoms with Crippen molar-refractivity contribution < 1.29 is 4.74 Å². The fourth-order valence-electron chi connectivity index (χ4n) is 1.18. The van der Waals surface area contributed by atoms with Crippen LogP contribution in [-0.2, 0) is 11.3 Å². The molecule has 0 aliphatic rings. The Kier molecular flexibility index (Phi) is 4.30. The highest BCUT2D eigenvalue weighted by Gasteiger charge is 2.05. The topological polar surface area (TPSA) is 50.3 Å². The predicted octanol–water partition coefficient (Wildman–Crippen LogP) is 1.12. The Labute approximate surface area is 90.5 Å². The Morgan fingerprint density at radius 1 is 1.40 bits per heavy atom. The Hall–Kier alpha value is -1.36.